The molecule has 4 rings (SSSR count). The first-order valence-electron chi connectivity index (χ1n) is 8.55. The van der Waals surface area contributed by atoms with Crippen molar-refractivity contribution in [2.45, 2.75) is 0 Å². The van der Waals surface area contributed by atoms with Gasteiger partial charge in [0, 0.05) is 17.6 Å². The van der Waals surface area contributed by atoms with Crippen molar-refractivity contribution >= 4 is 52.8 Å². The fourth-order valence-corrected chi connectivity index (χ4v) is 3.40. The second-order valence-corrected chi connectivity index (χ2v) is 6.95. The first kappa shape index (κ1) is 19.0. The number of carbonyl (C=O) groups is 3. The van der Waals surface area contributed by atoms with Crippen molar-refractivity contribution in [2.24, 2.45) is 0 Å². The van der Waals surface area contributed by atoms with Gasteiger partial charge in [0.15, 0.2) is 0 Å². The van der Waals surface area contributed by atoms with E-state index in [0.717, 1.165) is 10.6 Å². The molecule has 0 unspecified atom stereocenters. The Balaban J connectivity index is 1.78. The second-order valence-electron chi connectivity index (χ2n) is 6.17. The number of rotatable bonds is 3. The Morgan fingerprint density at radius 2 is 1.62 bits per heavy atom. The van der Waals surface area contributed by atoms with Gasteiger partial charge in [-0.25, -0.2) is 9.69 Å². The lowest BCUT2D eigenvalue weighted by molar-refractivity contribution is -0.122. The number of hydrogen-bond donors (Lipinski definition) is 1. The standard InChI is InChI=1S/C21H13Cl2N3O3/c22-16-9-4-10-17(18(16)23)26-20(28)15(19(27)24-21(26)29)12-14-8-5-11-25(14)13-6-2-1-3-7-13/h1-12H,(H,24,27,29)/b15-12+. The van der Waals surface area contributed by atoms with E-state index in [0.29, 0.717) is 5.69 Å². The van der Waals surface area contributed by atoms with Crippen molar-refractivity contribution in [1.29, 1.82) is 0 Å². The first-order chi connectivity index (χ1) is 14.0. The van der Waals surface area contributed by atoms with E-state index in [1.807, 2.05) is 41.1 Å². The zero-order valence-corrected chi connectivity index (χ0v) is 16.3. The molecule has 0 radical (unpaired) electrons. The van der Waals surface area contributed by atoms with Crippen LogP contribution >= 0.6 is 23.2 Å². The molecule has 29 heavy (non-hydrogen) atoms. The maximum absolute atomic E-state index is 13.0. The highest BCUT2D eigenvalue weighted by Crippen LogP contribution is 2.34. The van der Waals surface area contributed by atoms with Crippen molar-refractivity contribution < 1.29 is 14.4 Å². The van der Waals surface area contributed by atoms with Crippen LogP contribution in [0.3, 0.4) is 0 Å². The third-order valence-corrected chi connectivity index (χ3v) is 5.19. The van der Waals surface area contributed by atoms with Gasteiger partial charge in [-0.05, 0) is 42.5 Å². The van der Waals surface area contributed by atoms with Crippen molar-refractivity contribution in [1.82, 2.24) is 9.88 Å². The highest BCUT2D eigenvalue weighted by Gasteiger charge is 2.38. The number of imide groups is 2. The van der Waals surface area contributed by atoms with E-state index in [1.165, 1.54) is 18.2 Å². The van der Waals surface area contributed by atoms with Crippen LogP contribution in [0.1, 0.15) is 5.69 Å². The van der Waals surface area contributed by atoms with E-state index in [9.17, 15) is 14.4 Å². The largest absolute Gasteiger partial charge is 0.336 e. The van der Waals surface area contributed by atoms with Crippen LogP contribution in [0.4, 0.5) is 10.5 Å². The Kier molecular flexibility index (Phi) is 4.96. The number of hydrogen-bond acceptors (Lipinski definition) is 3. The highest BCUT2D eigenvalue weighted by molar-refractivity contribution is 6.46. The molecule has 4 amide bonds. The lowest BCUT2D eigenvalue weighted by Gasteiger charge is -2.27. The predicted octanol–water partition coefficient (Wildman–Crippen LogP) is 4.45. The number of nitrogens with zero attached hydrogens (tertiary/aromatic N) is 2. The lowest BCUT2D eigenvalue weighted by atomic mass is 10.1. The fourth-order valence-electron chi connectivity index (χ4n) is 3.02. The summed E-state index contributed by atoms with van der Waals surface area (Å²) in [7, 11) is 0. The molecule has 1 N–H and O–H groups in total. The molecule has 1 aliphatic rings. The minimum atomic E-state index is -0.889. The molecule has 0 aliphatic carbocycles. The van der Waals surface area contributed by atoms with Crippen molar-refractivity contribution in [3.05, 3.63) is 88.2 Å². The molecule has 1 aromatic heterocycles. The first-order valence-corrected chi connectivity index (χ1v) is 9.31. The quantitative estimate of drug-likeness (QED) is 0.497. The molecule has 0 spiro atoms. The number of urea groups is 1. The van der Waals surface area contributed by atoms with Gasteiger partial charge in [-0.3, -0.25) is 14.9 Å². The monoisotopic (exact) mass is 425 g/mol. The summed E-state index contributed by atoms with van der Waals surface area (Å²) < 4.78 is 1.82. The van der Waals surface area contributed by atoms with Gasteiger partial charge in [0.25, 0.3) is 11.8 Å². The van der Waals surface area contributed by atoms with Crippen molar-refractivity contribution in [2.75, 3.05) is 4.90 Å². The minimum Gasteiger partial charge on any atom is -0.317 e. The van der Waals surface area contributed by atoms with Crippen LogP contribution in [0.5, 0.6) is 0 Å². The van der Waals surface area contributed by atoms with E-state index in [4.69, 9.17) is 23.2 Å². The Morgan fingerprint density at radius 3 is 2.38 bits per heavy atom. The zero-order chi connectivity index (χ0) is 20.5. The van der Waals surface area contributed by atoms with Crippen LogP contribution in [-0.4, -0.2) is 22.4 Å². The highest BCUT2D eigenvalue weighted by atomic mass is 35.5. The van der Waals surface area contributed by atoms with E-state index >= 15 is 0 Å². The SMILES string of the molecule is O=C1NC(=O)N(c2cccc(Cl)c2Cl)C(=O)/C1=C/c1cccn1-c1ccccc1. The molecular formula is C21H13Cl2N3O3. The average Bonchev–Trinajstić information content (AvgIpc) is 3.17. The molecule has 1 fully saturated rings. The number of amides is 4. The molecule has 6 nitrogen and oxygen atoms in total. The van der Waals surface area contributed by atoms with Crippen molar-refractivity contribution in [3.63, 3.8) is 0 Å². The van der Waals surface area contributed by atoms with Crippen LogP contribution < -0.4 is 10.2 Å². The molecule has 3 aromatic rings. The molecule has 1 aliphatic heterocycles. The molecular weight excluding hydrogens is 413 g/mol. The second kappa shape index (κ2) is 7.58. The molecule has 1 saturated heterocycles. The number of anilines is 1. The summed E-state index contributed by atoms with van der Waals surface area (Å²) in [6.07, 6.45) is 3.24. The van der Waals surface area contributed by atoms with Crippen LogP contribution in [-0.2, 0) is 9.59 Å². The molecule has 2 aromatic carbocycles. The number of barbiturate groups is 1. The van der Waals surface area contributed by atoms with E-state index in [1.54, 1.807) is 18.2 Å². The molecule has 2 heterocycles. The third-order valence-electron chi connectivity index (χ3n) is 4.38. The maximum atomic E-state index is 13.0. The predicted molar refractivity (Wildman–Crippen MR) is 111 cm³/mol. The number of para-hydroxylation sites is 1. The number of benzene rings is 2. The van der Waals surface area contributed by atoms with Gasteiger partial charge in [-0.1, -0.05) is 47.5 Å². The lowest BCUT2D eigenvalue weighted by Crippen LogP contribution is -2.54. The van der Waals surface area contributed by atoms with Gasteiger partial charge >= 0.3 is 6.03 Å². The summed E-state index contributed by atoms with van der Waals surface area (Å²) in [5, 5.41) is 2.40. The Labute approximate surface area is 175 Å². The van der Waals surface area contributed by atoms with Crippen molar-refractivity contribution in [3.8, 4) is 5.69 Å². The zero-order valence-electron chi connectivity index (χ0n) is 14.8. The summed E-state index contributed by atoms with van der Waals surface area (Å²) in [6.45, 7) is 0. The molecule has 8 heteroatoms. The van der Waals surface area contributed by atoms with E-state index in [-0.39, 0.29) is 21.3 Å². The van der Waals surface area contributed by atoms with Crippen LogP contribution in [0, 0.1) is 0 Å². The normalized spacial score (nSPS) is 15.7. The number of halogens is 2. The van der Waals surface area contributed by atoms with E-state index in [2.05, 4.69) is 5.32 Å². The number of carbonyl (C=O) groups excluding carboxylic acids is 3. The molecule has 0 bridgehead atoms. The third kappa shape index (κ3) is 3.44. The van der Waals surface area contributed by atoms with Gasteiger partial charge < -0.3 is 4.57 Å². The minimum absolute atomic E-state index is 0.0408. The smallest absolute Gasteiger partial charge is 0.317 e. The summed E-state index contributed by atoms with van der Waals surface area (Å²) in [6, 6.07) is 16.7. The number of aromatic nitrogens is 1. The number of nitrogens with one attached hydrogen (secondary N) is 1. The Bertz CT molecular complexity index is 1170. The van der Waals surface area contributed by atoms with Gasteiger partial charge in [-0.15, -0.1) is 0 Å². The van der Waals surface area contributed by atoms with Gasteiger partial charge in [0.1, 0.15) is 5.57 Å². The molecule has 0 atom stereocenters. The fraction of sp³-hybridized carbons (Fsp3) is 0. The topological polar surface area (TPSA) is 71.4 Å². The average molecular weight is 426 g/mol. The van der Waals surface area contributed by atoms with Crippen LogP contribution in [0.2, 0.25) is 10.0 Å². The van der Waals surface area contributed by atoms with Gasteiger partial charge in [0.2, 0.25) is 0 Å². The maximum Gasteiger partial charge on any atom is 0.336 e. The summed E-state index contributed by atoms with van der Waals surface area (Å²) in [4.78, 5) is 38.6. The van der Waals surface area contributed by atoms with Gasteiger partial charge in [-0.2, -0.15) is 0 Å². The summed E-state index contributed by atoms with van der Waals surface area (Å²) >= 11 is 12.2. The Morgan fingerprint density at radius 1 is 0.862 bits per heavy atom. The molecule has 144 valence electrons. The van der Waals surface area contributed by atoms with Crippen LogP contribution in [0.25, 0.3) is 11.8 Å². The molecule has 0 saturated carbocycles. The van der Waals surface area contributed by atoms with E-state index < -0.39 is 17.8 Å². The van der Waals surface area contributed by atoms with Crippen LogP contribution in [0.15, 0.2) is 72.4 Å². The summed E-state index contributed by atoms with van der Waals surface area (Å²) in [5.41, 5.74) is 1.36. The van der Waals surface area contributed by atoms with Gasteiger partial charge in [0.05, 0.1) is 15.7 Å². The summed E-state index contributed by atoms with van der Waals surface area (Å²) in [5.74, 6) is -1.57. The Hall–Kier alpha value is -3.35.